The summed E-state index contributed by atoms with van der Waals surface area (Å²) in [6.45, 7) is 7.64. The molecule has 2 unspecified atom stereocenters. The first-order valence-electron chi connectivity index (χ1n) is 8.09. The molecule has 0 saturated heterocycles. The lowest BCUT2D eigenvalue weighted by molar-refractivity contribution is 0.0907. The molecule has 3 nitrogen and oxygen atoms in total. The monoisotopic (exact) mass is 290 g/mol. The molecule has 2 rings (SSSR count). The van der Waals surface area contributed by atoms with E-state index < -0.39 is 0 Å². The number of fused-ring (bicyclic) bond motifs is 1. The highest BCUT2D eigenvalue weighted by Gasteiger charge is 2.21. The molecule has 0 amide bonds. The Kier molecular flexibility index (Phi) is 5.66. The maximum atomic E-state index is 12.6. The second-order valence-corrected chi connectivity index (χ2v) is 6.00. The maximum absolute atomic E-state index is 12.6. The molecule has 116 valence electrons. The predicted octanol–water partition coefficient (Wildman–Crippen LogP) is 4.49. The average molecular weight is 290 g/mol. The zero-order valence-corrected chi connectivity index (χ0v) is 13.4. The summed E-state index contributed by atoms with van der Waals surface area (Å²) >= 11 is 0. The smallest absolute Gasteiger partial charge is 0.166 e. The fraction of sp³-hybridized carbons (Fsp3) is 0.611. The van der Waals surface area contributed by atoms with Crippen molar-refractivity contribution in [1.29, 1.82) is 0 Å². The van der Waals surface area contributed by atoms with Gasteiger partial charge in [0.05, 0.1) is 13.2 Å². The molecule has 0 N–H and O–H groups in total. The van der Waals surface area contributed by atoms with Crippen LogP contribution in [0.25, 0.3) is 0 Å². The van der Waals surface area contributed by atoms with E-state index in [1.165, 1.54) is 0 Å². The van der Waals surface area contributed by atoms with Gasteiger partial charge in [0.2, 0.25) is 0 Å². The quantitative estimate of drug-likeness (QED) is 0.724. The summed E-state index contributed by atoms with van der Waals surface area (Å²) in [7, 11) is 0. The molecule has 1 heterocycles. The lowest BCUT2D eigenvalue weighted by Crippen LogP contribution is -2.14. The van der Waals surface area contributed by atoms with Crippen molar-refractivity contribution in [2.24, 2.45) is 11.8 Å². The Morgan fingerprint density at radius 2 is 1.95 bits per heavy atom. The van der Waals surface area contributed by atoms with Crippen LogP contribution in [0.15, 0.2) is 18.2 Å². The highest BCUT2D eigenvalue weighted by atomic mass is 16.5. The topological polar surface area (TPSA) is 35.5 Å². The zero-order chi connectivity index (χ0) is 15.2. The van der Waals surface area contributed by atoms with Gasteiger partial charge >= 0.3 is 0 Å². The molecule has 0 aliphatic carbocycles. The summed E-state index contributed by atoms with van der Waals surface area (Å²) in [5.41, 5.74) is 0.745. The third-order valence-corrected chi connectivity index (χ3v) is 4.04. The van der Waals surface area contributed by atoms with E-state index in [9.17, 15) is 4.79 Å². The Morgan fingerprint density at radius 3 is 2.62 bits per heavy atom. The zero-order valence-electron chi connectivity index (χ0n) is 13.4. The third-order valence-electron chi connectivity index (χ3n) is 4.04. The van der Waals surface area contributed by atoms with Gasteiger partial charge < -0.3 is 9.47 Å². The van der Waals surface area contributed by atoms with E-state index in [4.69, 9.17) is 9.47 Å². The predicted molar refractivity (Wildman–Crippen MR) is 84.2 cm³/mol. The Labute approximate surface area is 127 Å². The average Bonchev–Trinajstić information content (AvgIpc) is 2.69. The SMILES string of the molecule is CCCCC(CC)C(=O)c1ccc2c(c1)OCC(C)CO2. The number of carbonyl (C=O) groups excluding carboxylic acids is 1. The highest BCUT2D eigenvalue weighted by molar-refractivity contribution is 5.98. The van der Waals surface area contributed by atoms with Crippen molar-refractivity contribution in [3.63, 3.8) is 0 Å². The third kappa shape index (κ3) is 3.99. The van der Waals surface area contributed by atoms with Crippen molar-refractivity contribution in [1.82, 2.24) is 0 Å². The van der Waals surface area contributed by atoms with Crippen molar-refractivity contribution in [3.05, 3.63) is 23.8 Å². The highest BCUT2D eigenvalue weighted by Crippen LogP contribution is 2.32. The standard InChI is InChI=1S/C18H26O3/c1-4-6-7-14(5-2)18(19)15-8-9-16-17(10-15)21-12-13(3)11-20-16/h8-10,13-14H,4-7,11-12H2,1-3H3. The van der Waals surface area contributed by atoms with E-state index in [2.05, 4.69) is 20.8 Å². The van der Waals surface area contributed by atoms with Crippen LogP contribution in [0.1, 0.15) is 56.8 Å². The van der Waals surface area contributed by atoms with Crippen LogP contribution in [0.2, 0.25) is 0 Å². The Morgan fingerprint density at radius 1 is 1.24 bits per heavy atom. The van der Waals surface area contributed by atoms with Gasteiger partial charge in [0.15, 0.2) is 17.3 Å². The van der Waals surface area contributed by atoms with Gasteiger partial charge in [-0.05, 0) is 31.0 Å². The molecule has 21 heavy (non-hydrogen) atoms. The summed E-state index contributed by atoms with van der Waals surface area (Å²) in [6, 6.07) is 5.59. The van der Waals surface area contributed by atoms with Crippen molar-refractivity contribution in [2.75, 3.05) is 13.2 Å². The van der Waals surface area contributed by atoms with Crippen LogP contribution in [-0.2, 0) is 0 Å². The van der Waals surface area contributed by atoms with Gasteiger partial charge in [-0.15, -0.1) is 0 Å². The molecule has 0 bridgehead atoms. The van der Waals surface area contributed by atoms with Crippen molar-refractivity contribution >= 4 is 5.78 Å². The second kappa shape index (κ2) is 7.48. The summed E-state index contributed by atoms with van der Waals surface area (Å²) in [6.07, 6.45) is 4.09. The molecule has 2 atom stereocenters. The number of ketones is 1. The van der Waals surface area contributed by atoms with Crippen LogP contribution in [0.3, 0.4) is 0 Å². The molecule has 0 spiro atoms. The van der Waals surface area contributed by atoms with E-state index >= 15 is 0 Å². The molecule has 0 radical (unpaired) electrons. The van der Waals surface area contributed by atoms with Crippen LogP contribution in [-0.4, -0.2) is 19.0 Å². The molecule has 0 aromatic heterocycles. The van der Waals surface area contributed by atoms with Crippen LogP contribution in [0.5, 0.6) is 11.5 Å². The number of carbonyl (C=O) groups is 1. The van der Waals surface area contributed by atoms with Gasteiger partial charge in [-0.3, -0.25) is 4.79 Å². The molecular weight excluding hydrogens is 264 g/mol. The van der Waals surface area contributed by atoms with E-state index in [0.717, 1.165) is 37.0 Å². The normalized spacial score (nSPS) is 18.9. The van der Waals surface area contributed by atoms with Crippen LogP contribution in [0.4, 0.5) is 0 Å². The van der Waals surface area contributed by atoms with Gasteiger partial charge in [0.1, 0.15) is 0 Å². The molecule has 1 aliphatic heterocycles. The van der Waals surface area contributed by atoms with Crippen LogP contribution < -0.4 is 9.47 Å². The van der Waals surface area contributed by atoms with E-state index in [0.29, 0.717) is 24.9 Å². The molecule has 1 aromatic rings. The van der Waals surface area contributed by atoms with Crippen LogP contribution >= 0.6 is 0 Å². The lowest BCUT2D eigenvalue weighted by atomic mass is 9.90. The lowest BCUT2D eigenvalue weighted by Gasteiger charge is -2.14. The number of unbranched alkanes of at least 4 members (excludes halogenated alkanes) is 1. The first-order chi connectivity index (χ1) is 10.2. The van der Waals surface area contributed by atoms with Gasteiger partial charge in [0.25, 0.3) is 0 Å². The van der Waals surface area contributed by atoms with Crippen LogP contribution in [0, 0.1) is 11.8 Å². The maximum Gasteiger partial charge on any atom is 0.166 e. The number of benzene rings is 1. The fourth-order valence-corrected chi connectivity index (χ4v) is 2.61. The second-order valence-electron chi connectivity index (χ2n) is 6.00. The molecule has 3 heteroatoms. The first kappa shape index (κ1) is 15.9. The molecule has 0 fully saturated rings. The largest absolute Gasteiger partial charge is 0.489 e. The summed E-state index contributed by atoms with van der Waals surface area (Å²) in [5, 5.41) is 0. The van der Waals surface area contributed by atoms with Gasteiger partial charge in [0, 0.05) is 17.4 Å². The van der Waals surface area contributed by atoms with Gasteiger partial charge in [-0.1, -0.05) is 33.6 Å². The molecule has 0 saturated carbocycles. The van der Waals surface area contributed by atoms with Gasteiger partial charge in [-0.2, -0.15) is 0 Å². The molecular formula is C18H26O3. The summed E-state index contributed by atoms with van der Waals surface area (Å²) in [5.74, 6) is 2.17. The Hall–Kier alpha value is -1.51. The molecule has 1 aliphatic rings. The minimum Gasteiger partial charge on any atom is -0.489 e. The Balaban J connectivity index is 2.15. The fourth-order valence-electron chi connectivity index (χ4n) is 2.61. The number of ether oxygens (including phenoxy) is 2. The number of rotatable bonds is 6. The molecule has 1 aromatic carbocycles. The Bertz CT molecular complexity index is 481. The first-order valence-corrected chi connectivity index (χ1v) is 8.09. The number of hydrogen-bond acceptors (Lipinski definition) is 3. The van der Waals surface area contributed by atoms with E-state index in [-0.39, 0.29) is 11.7 Å². The number of Topliss-reactive ketones (excluding diaryl/α,β-unsaturated/α-hetero) is 1. The van der Waals surface area contributed by atoms with Crippen molar-refractivity contribution < 1.29 is 14.3 Å². The van der Waals surface area contributed by atoms with E-state index in [1.54, 1.807) is 0 Å². The summed E-state index contributed by atoms with van der Waals surface area (Å²) < 4.78 is 11.5. The minimum absolute atomic E-state index is 0.119. The van der Waals surface area contributed by atoms with Gasteiger partial charge in [-0.25, -0.2) is 0 Å². The minimum atomic E-state index is 0.119. The van der Waals surface area contributed by atoms with Crippen molar-refractivity contribution in [2.45, 2.75) is 46.5 Å². The van der Waals surface area contributed by atoms with Crippen molar-refractivity contribution in [3.8, 4) is 11.5 Å². The van der Waals surface area contributed by atoms with E-state index in [1.807, 2.05) is 18.2 Å². The summed E-state index contributed by atoms with van der Waals surface area (Å²) in [4.78, 5) is 12.6. The number of hydrogen-bond donors (Lipinski definition) is 0.